The first-order valence-electron chi connectivity index (χ1n) is 7.50. The van der Waals surface area contributed by atoms with Crippen molar-refractivity contribution in [3.63, 3.8) is 0 Å². The van der Waals surface area contributed by atoms with Gasteiger partial charge in [-0.2, -0.15) is 0 Å². The van der Waals surface area contributed by atoms with Gasteiger partial charge in [0.2, 0.25) is 5.91 Å². The highest BCUT2D eigenvalue weighted by Gasteiger charge is 2.10. The van der Waals surface area contributed by atoms with Crippen molar-refractivity contribution in [3.8, 4) is 5.75 Å². The third-order valence-corrected chi connectivity index (χ3v) is 3.64. The van der Waals surface area contributed by atoms with Gasteiger partial charge in [0, 0.05) is 23.9 Å². The molecule has 0 radical (unpaired) electrons. The molecule has 2 aromatic rings. The van der Waals surface area contributed by atoms with Crippen LogP contribution in [0.3, 0.4) is 0 Å². The molecule has 2 amide bonds. The minimum atomic E-state index is -0.223. The first-order chi connectivity index (χ1) is 11.3. The van der Waals surface area contributed by atoms with Gasteiger partial charge in [0.1, 0.15) is 5.75 Å². The molecule has 0 aliphatic carbocycles. The Hall–Kier alpha value is -2.34. The summed E-state index contributed by atoms with van der Waals surface area (Å²) >= 11 is 3.42. The highest BCUT2D eigenvalue weighted by atomic mass is 79.9. The number of amides is 2. The Labute approximate surface area is 149 Å². The van der Waals surface area contributed by atoms with Crippen LogP contribution in [0.25, 0.3) is 0 Å². The lowest BCUT2D eigenvalue weighted by Gasteiger charge is -2.12. The molecule has 0 heterocycles. The molecule has 0 atom stereocenters. The third-order valence-electron chi connectivity index (χ3n) is 3.02. The van der Waals surface area contributed by atoms with Crippen LogP contribution in [0.5, 0.6) is 5.75 Å². The summed E-state index contributed by atoms with van der Waals surface area (Å²) in [6, 6.07) is 12.1. The van der Waals surface area contributed by atoms with Gasteiger partial charge in [0.05, 0.1) is 10.6 Å². The Kier molecular flexibility index (Phi) is 5.98. The highest BCUT2D eigenvalue weighted by Crippen LogP contribution is 2.27. The van der Waals surface area contributed by atoms with Gasteiger partial charge < -0.3 is 15.4 Å². The molecule has 0 fully saturated rings. The predicted molar refractivity (Wildman–Crippen MR) is 98.6 cm³/mol. The van der Waals surface area contributed by atoms with E-state index >= 15 is 0 Å². The molecular weight excluding hydrogens is 372 g/mol. The number of carbonyl (C=O) groups excluding carboxylic acids is 2. The molecule has 0 aliphatic heterocycles. The van der Waals surface area contributed by atoms with E-state index in [1.807, 2.05) is 13.8 Å². The number of hydrogen-bond donors (Lipinski definition) is 2. The molecule has 0 aliphatic rings. The Morgan fingerprint density at radius 1 is 1.00 bits per heavy atom. The molecule has 0 bridgehead atoms. The van der Waals surface area contributed by atoms with E-state index in [0.29, 0.717) is 22.7 Å². The van der Waals surface area contributed by atoms with Crippen molar-refractivity contribution in [2.45, 2.75) is 26.9 Å². The highest BCUT2D eigenvalue weighted by molar-refractivity contribution is 9.10. The molecular formula is C18H19BrN2O3. The number of nitrogens with one attached hydrogen (secondary N) is 2. The molecule has 24 heavy (non-hydrogen) atoms. The third kappa shape index (κ3) is 5.09. The van der Waals surface area contributed by atoms with E-state index in [4.69, 9.17) is 4.74 Å². The van der Waals surface area contributed by atoms with Crippen LogP contribution in [-0.2, 0) is 4.79 Å². The van der Waals surface area contributed by atoms with Crippen molar-refractivity contribution in [1.29, 1.82) is 0 Å². The minimum Gasteiger partial charge on any atom is -0.490 e. The molecule has 0 saturated carbocycles. The second-order valence-electron chi connectivity index (χ2n) is 5.52. The summed E-state index contributed by atoms with van der Waals surface area (Å²) in [6.45, 7) is 5.33. The summed E-state index contributed by atoms with van der Waals surface area (Å²) in [4.78, 5) is 23.3. The van der Waals surface area contributed by atoms with E-state index < -0.39 is 0 Å². The number of halogens is 1. The van der Waals surface area contributed by atoms with Crippen LogP contribution in [-0.4, -0.2) is 17.9 Å². The summed E-state index contributed by atoms with van der Waals surface area (Å²) in [6.07, 6.45) is 0.0584. The Morgan fingerprint density at radius 3 is 2.08 bits per heavy atom. The van der Waals surface area contributed by atoms with E-state index in [0.717, 1.165) is 4.47 Å². The lowest BCUT2D eigenvalue weighted by molar-refractivity contribution is -0.114. The van der Waals surface area contributed by atoms with Crippen molar-refractivity contribution in [1.82, 2.24) is 0 Å². The lowest BCUT2D eigenvalue weighted by atomic mass is 10.2. The monoisotopic (exact) mass is 390 g/mol. The van der Waals surface area contributed by atoms with E-state index in [2.05, 4.69) is 26.6 Å². The quantitative estimate of drug-likeness (QED) is 0.792. The number of rotatable bonds is 5. The molecule has 126 valence electrons. The lowest BCUT2D eigenvalue weighted by Crippen LogP contribution is -2.13. The van der Waals surface area contributed by atoms with Crippen molar-refractivity contribution in [3.05, 3.63) is 52.5 Å². The van der Waals surface area contributed by atoms with Gasteiger partial charge in [-0.1, -0.05) is 0 Å². The van der Waals surface area contributed by atoms with Crippen LogP contribution in [0.15, 0.2) is 46.9 Å². The summed E-state index contributed by atoms with van der Waals surface area (Å²) in [5, 5.41) is 5.49. The first-order valence-corrected chi connectivity index (χ1v) is 8.29. The Bertz CT molecular complexity index is 742. The fraction of sp³-hybridized carbons (Fsp3) is 0.222. The van der Waals surface area contributed by atoms with Crippen LogP contribution < -0.4 is 15.4 Å². The number of benzene rings is 2. The van der Waals surface area contributed by atoms with Crippen LogP contribution in [0, 0.1) is 0 Å². The van der Waals surface area contributed by atoms with E-state index in [9.17, 15) is 9.59 Å². The van der Waals surface area contributed by atoms with Crippen molar-refractivity contribution >= 4 is 39.1 Å². The average molecular weight is 391 g/mol. The Balaban J connectivity index is 2.06. The molecule has 0 unspecified atom stereocenters. The van der Waals surface area contributed by atoms with Crippen LogP contribution in [0.1, 0.15) is 31.1 Å². The van der Waals surface area contributed by atoms with Gasteiger partial charge in [0.15, 0.2) is 0 Å². The summed E-state index contributed by atoms with van der Waals surface area (Å²) in [5.41, 5.74) is 1.84. The van der Waals surface area contributed by atoms with Gasteiger partial charge in [-0.05, 0) is 72.2 Å². The van der Waals surface area contributed by atoms with Gasteiger partial charge in [-0.15, -0.1) is 0 Å². The normalized spacial score (nSPS) is 10.4. The number of ether oxygens (including phenoxy) is 1. The molecule has 2 N–H and O–H groups in total. The summed E-state index contributed by atoms with van der Waals surface area (Å²) < 4.78 is 6.36. The zero-order chi connectivity index (χ0) is 17.7. The van der Waals surface area contributed by atoms with Crippen LogP contribution >= 0.6 is 15.9 Å². The standard InChI is InChI=1S/C18H19BrN2O3/c1-11(2)24-17-9-4-13(10-16(17)19)18(23)21-15-7-5-14(6-8-15)20-12(3)22/h4-11H,1-3H3,(H,20,22)(H,21,23). The molecule has 0 aromatic heterocycles. The summed E-state index contributed by atoms with van der Waals surface area (Å²) in [5.74, 6) is 0.334. The zero-order valence-corrected chi connectivity index (χ0v) is 15.3. The zero-order valence-electron chi connectivity index (χ0n) is 13.7. The molecule has 0 spiro atoms. The SMILES string of the molecule is CC(=O)Nc1ccc(NC(=O)c2ccc(OC(C)C)c(Br)c2)cc1. The topological polar surface area (TPSA) is 67.4 Å². The van der Waals surface area contributed by atoms with E-state index in [-0.39, 0.29) is 17.9 Å². The van der Waals surface area contributed by atoms with E-state index in [1.54, 1.807) is 42.5 Å². The maximum absolute atomic E-state index is 12.3. The van der Waals surface area contributed by atoms with Gasteiger partial charge in [-0.3, -0.25) is 9.59 Å². The smallest absolute Gasteiger partial charge is 0.255 e. The first kappa shape index (κ1) is 18.0. The largest absolute Gasteiger partial charge is 0.490 e. The molecule has 6 heteroatoms. The fourth-order valence-electron chi connectivity index (χ4n) is 2.04. The summed E-state index contributed by atoms with van der Waals surface area (Å²) in [7, 11) is 0. The van der Waals surface area contributed by atoms with Gasteiger partial charge in [-0.25, -0.2) is 0 Å². The van der Waals surface area contributed by atoms with E-state index in [1.165, 1.54) is 6.92 Å². The molecule has 2 aromatic carbocycles. The molecule has 2 rings (SSSR count). The minimum absolute atomic E-state index is 0.0584. The predicted octanol–water partition coefficient (Wildman–Crippen LogP) is 4.45. The van der Waals surface area contributed by atoms with Crippen LogP contribution in [0.4, 0.5) is 11.4 Å². The number of anilines is 2. The van der Waals surface area contributed by atoms with Crippen molar-refractivity contribution in [2.75, 3.05) is 10.6 Å². The van der Waals surface area contributed by atoms with Crippen molar-refractivity contribution < 1.29 is 14.3 Å². The second-order valence-corrected chi connectivity index (χ2v) is 6.38. The fourth-order valence-corrected chi connectivity index (χ4v) is 2.51. The van der Waals surface area contributed by atoms with Crippen LogP contribution in [0.2, 0.25) is 0 Å². The Morgan fingerprint density at radius 2 is 1.58 bits per heavy atom. The molecule has 5 nitrogen and oxygen atoms in total. The number of carbonyl (C=O) groups is 2. The molecule has 0 saturated heterocycles. The maximum atomic E-state index is 12.3. The maximum Gasteiger partial charge on any atom is 0.255 e. The van der Waals surface area contributed by atoms with Gasteiger partial charge >= 0.3 is 0 Å². The second kappa shape index (κ2) is 7.97. The number of hydrogen-bond acceptors (Lipinski definition) is 3. The van der Waals surface area contributed by atoms with Gasteiger partial charge in [0.25, 0.3) is 5.91 Å². The average Bonchev–Trinajstić information content (AvgIpc) is 2.50. The van der Waals surface area contributed by atoms with Crippen molar-refractivity contribution in [2.24, 2.45) is 0 Å².